The van der Waals surface area contributed by atoms with E-state index in [9.17, 15) is 13.2 Å². The Balaban J connectivity index is 1.93. The number of halogens is 2. The SMILES string of the molecule is CC(Oc1ccc(Cl)cc1Cl)C(=O)NC(=S)Nc1ccc(S(N)(=O)=O)cc1. The van der Waals surface area contributed by atoms with E-state index in [4.69, 9.17) is 45.3 Å². The van der Waals surface area contributed by atoms with E-state index in [1.165, 1.54) is 37.3 Å². The number of nitrogens with one attached hydrogen (secondary N) is 2. The van der Waals surface area contributed by atoms with Gasteiger partial charge in [0.15, 0.2) is 11.2 Å². The van der Waals surface area contributed by atoms with Crippen molar-refractivity contribution in [2.75, 3.05) is 5.32 Å². The summed E-state index contributed by atoms with van der Waals surface area (Å²) in [4.78, 5) is 12.1. The van der Waals surface area contributed by atoms with Gasteiger partial charge < -0.3 is 10.1 Å². The number of benzene rings is 2. The Labute approximate surface area is 171 Å². The summed E-state index contributed by atoms with van der Waals surface area (Å²) in [5, 5.41) is 11.0. The van der Waals surface area contributed by atoms with Crippen molar-refractivity contribution in [3.05, 3.63) is 52.5 Å². The minimum atomic E-state index is -3.78. The summed E-state index contributed by atoms with van der Waals surface area (Å²) in [6.07, 6.45) is -0.881. The average molecular weight is 448 g/mol. The molecular formula is C16H15Cl2N3O4S2. The van der Waals surface area contributed by atoms with Gasteiger partial charge in [0, 0.05) is 10.7 Å². The highest BCUT2D eigenvalue weighted by atomic mass is 35.5. The molecule has 0 aliphatic carbocycles. The van der Waals surface area contributed by atoms with Crippen LogP contribution in [0.15, 0.2) is 47.4 Å². The Kier molecular flexibility index (Phi) is 7.01. The van der Waals surface area contributed by atoms with Gasteiger partial charge >= 0.3 is 0 Å². The van der Waals surface area contributed by atoms with Crippen molar-refractivity contribution in [3.8, 4) is 5.75 Å². The lowest BCUT2D eigenvalue weighted by molar-refractivity contribution is -0.125. The van der Waals surface area contributed by atoms with Crippen LogP contribution < -0.4 is 20.5 Å². The first-order valence-corrected chi connectivity index (χ1v) is 10.1. The second-order valence-electron chi connectivity index (χ2n) is 5.35. The molecule has 11 heteroatoms. The Morgan fingerprint density at radius 3 is 2.37 bits per heavy atom. The van der Waals surface area contributed by atoms with E-state index >= 15 is 0 Å². The van der Waals surface area contributed by atoms with Crippen molar-refractivity contribution >= 4 is 62.2 Å². The number of primary sulfonamides is 1. The Hall–Kier alpha value is -1.91. The highest BCUT2D eigenvalue weighted by Crippen LogP contribution is 2.28. The summed E-state index contributed by atoms with van der Waals surface area (Å²) >= 11 is 16.9. The summed E-state index contributed by atoms with van der Waals surface area (Å²) in [7, 11) is -3.78. The number of hydrogen-bond donors (Lipinski definition) is 3. The van der Waals surface area contributed by atoms with Gasteiger partial charge in [-0.2, -0.15) is 0 Å². The number of anilines is 1. The van der Waals surface area contributed by atoms with Crippen molar-refractivity contribution in [1.29, 1.82) is 0 Å². The van der Waals surface area contributed by atoms with E-state index in [1.807, 2.05) is 0 Å². The minimum Gasteiger partial charge on any atom is -0.479 e. The zero-order valence-electron chi connectivity index (χ0n) is 13.9. The van der Waals surface area contributed by atoms with Crippen LogP contribution in [0.1, 0.15) is 6.92 Å². The van der Waals surface area contributed by atoms with Crippen LogP contribution in [-0.2, 0) is 14.8 Å². The van der Waals surface area contributed by atoms with Crippen LogP contribution in [0.3, 0.4) is 0 Å². The average Bonchev–Trinajstić information content (AvgIpc) is 2.56. The number of ether oxygens (including phenoxy) is 1. The fourth-order valence-corrected chi connectivity index (χ4v) is 3.11. The fraction of sp³-hybridized carbons (Fsp3) is 0.125. The molecule has 0 heterocycles. The molecule has 0 aliphatic heterocycles. The van der Waals surface area contributed by atoms with E-state index in [1.54, 1.807) is 12.1 Å². The third-order valence-corrected chi connectivity index (χ3v) is 4.91. The van der Waals surface area contributed by atoms with Gasteiger partial charge in [-0.3, -0.25) is 10.1 Å². The van der Waals surface area contributed by atoms with E-state index in [0.717, 1.165) is 0 Å². The van der Waals surface area contributed by atoms with Crippen molar-refractivity contribution in [2.45, 2.75) is 17.9 Å². The number of nitrogens with two attached hydrogens (primary N) is 1. The minimum absolute atomic E-state index is 0.0148. The number of carbonyl (C=O) groups is 1. The Morgan fingerprint density at radius 2 is 1.81 bits per heavy atom. The maximum Gasteiger partial charge on any atom is 0.266 e. The van der Waals surface area contributed by atoms with Crippen molar-refractivity contribution < 1.29 is 17.9 Å². The zero-order valence-corrected chi connectivity index (χ0v) is 17.0. The second kappa shape index (κ2) is 8.85. The number of hydrogen-bond acceptors (Lipinski definition) is 5. The third-order valence-electron chi connectivity index (χ3n) is 3.24. The molecule has 2 aromatic rings. The summed E-state index contributed by atoms with van der Waals surface area (Å²) in [5.41, 5.74) is 0.474. The van der Waals surface area contributed by atoms with Gasteiger partial charge in [-0.25, -0.2) is 13.6 Å². The highest BCUT2D eigenvalue weighted by molar-refractivity contribution is 7.89. The first kappa shape index (κ1) is 21.4. The molecule has 1 unspecified atom stereocenters. The fourth-order valence-electron chi connectivity index (χ4n) is 1.92. The molecule has 2 aromatic carbocycles. The molecule has 0 saturated carbocycles. The molecule has 0 radical (unpaired) electrons. The van der Waals surface area contributed by atoms with Crippen LogP contribution >= 0.6 is 35.4 Å². The summed E-state index contributed by atoms with van der Waals surface area (Å²) in [5.74, 6) is -0.194. The molecular weight excluding hydrogens is 433 g/mol. The van der Waals surface area contributed by atoms with Crippen LogP contribution in [0.25, 0.3) is 0 Å². The summed E-state index contributed by atoms with van der Waals surface area (Å²) < 4.78 is 27.9. The first-order valence-electron chi connectivity index (χ1n) is 7.42. The van der Waals surface area contributed by atoms with Crippen molar-refractivity contribution in [1.82, 2.24) is 5.32 Å². The van der Waals surface area contributed by atoms with Crippen LogP contribution in [0.4, 0.5) is 5.69 Å². The van der Waals surface area contributed by atoms with Crippen molar-refractivity contribution in [2.24, 2.45) is 5.14 Å². The Bertz CT molecular complexity index is 966. The quantitative estimate of drug-likeness (QED) is 0.607. The monoisotopic (exact) mass is 447 g/mol. The van der Waals surface area contributed by atoms with Gasteiger partial charge in [0.2, 0.25) is 10.0 Å². The number of amides is 1. The Morgan fingerprint density at radius 1 is 1.19 bits per heavy atom. The summed E-state index contributed by atoms with van der Waals surface area (Å²) in [6, 6.07) is 10.2. The van der Waals surface area contributed by atoms with E-state index in [-0.39, 0.29) is 15.0 Å². The van der Waals surface area contributed by atoms with Crippen molar-refractivity contribution in [3.63, 3.8) is 0 Å². The normalized spacial score (nSPS) is 12.1. The summed E-state index contributed by atoms with van der Waals surface area (Å²) in [6.45, 7) is 1.53. The molecule has 0 bridgehead atoms. The van der Waals surface area contributed by atoms with Gasteiger partial charge in [-0.15, -0.1) is 0 Å². The molecule has 1 amide bonds. The van der Waals surface area contributed by atoms with Crippen LogP contribution in [0.2, 0.25) is 10.0 Å². The molecule has 7 nitrogen and oxygen atoms in total. The zero-order chi connectivity index (χ0) is 20.2. The standard InChI is InChI=1S/C16H15Cl2N3O4S2/c1-9(25-14-7-2-10(17)8-13(14)18)15(22)21-16(26)20-11-3-5-12(6-4-11)27(19,23)24/h2-9H,1H3,(H2,19,23,24)(H2,20,21,22,26). The maximum absolute atomic E-state index is 12.2. The smallest absolute Gasteiger partial charge is 0.266 e. The van der Waals surface area contributed by atoms with Gasteiger partial charge in [0.25, 0.3) is 5.91 Å². The molecule has 0 saturated heterocycles. The lowest BCUT2D eigenvalue weighted by Gasteiger charge is -2.16. The molecule has 27 heavy (non-hydrogen) atoms. The van der Waals surface area contributed by atoms with E-state index < -0.39 is 22.0 Å². The molecule has 1 atom stereocenters. The highest BCUT2D eigenvalue weighted by Gasteiger charge is 2.17. The van der Waals surface area contributed by atoms with Gasteiger partial charge in [-0.05, 0) is 61.6 Å². The number of rotatable bonds is 5. The van der Waals surface area contributed by atoms with Crippen LogP contribution in [0, 0.1) is 0 Å². The lowest BCUT2D eigenvalue weighted by Crippen LogP contribution is -2.42. The second-order valence-corrected chi connectivity index (χ2v) is 8.16. The predicted molar refractivity (Wildman–Crippen MR) is 109 cm³/mol. The topological polar surface area (TPSA) is 111 Å². The largest absolute Gasteiger partial charge is 0.479 e. The van der Waals surface area contributed by atoms with E-state index in [2.05, 4.69) is 10.6 Å². The molecule has 0 fully saturated rings. The van der Waals surface area contributed by atoms with Crippen LogP contribution in [0.5, 0.6) is 5.75 Å². The number of carbonyl (C=O) groups excluding carboxylic acids is 1. The third kappa shape index (κ3) is 6.33. The molecule has 0 spiro atoms. The number of thiocarbonyl (C=S) groups is 1. The van der Waals surface area contributed by atoms with Gasteiger partial charge in [0.1, 0.15) is 5.75 Å². The molecule has 144 valence electrons. The number of sulfonamides is 1. The van der Waals surface area contributed by atoms with E-state index in [0.29, 0.717) is 16.5 Å². The predicted octanol–water partition coefficient (Wildman–Crippen LogP) is 2.92. The molecule has 4 N–H and O–H groups in total. The van der Waals surface area contributed by atoms with Gasteiger partial charge in [0.05, 0.1) is 9.92 Å². The van der Waals surface area contributed by atoms with Crippen LogP contribution in [-0.4, -0.2) is 25.5 Å². The molecule has 0 aromatic heterocycles. The first-order chi connectivity index (χ1) is 12.6. The maximum atomic E-state index is 12.2. The molecule has 2 rings (SSSR count). The van der Waals surface area contributed by atoms with Gasteiger partial charge in [-0.1, -0.05) is 23.2 Å². The lowest BCUT2D eigenvalue weighted by atomic mass is 10.3. The molecule has 0 aliphatic rings.